The Morgan fingerprint density at radius 2 is 2.00 bits per heavy atom. The average Bonchev–Trinajstić information content (AvgIpc) is 2.30. The third-order valence-electron chi connectivity index (χ3n) is 2.55. The quantitative estimate of drug-likeness (QED) is 0.690. The second-order valence-corrected chi connectivity index (χ2v) is 3.91. The number of unbranched alkanes of at least 4 members (excludes halogenated alkanes) is 2. The van der Waals surface area contributed by atoms with Crippen molar-refractivity contribution in [3.05, 3.63) is 35.9 Å². The second kappa shape index (κ2) is 7.01. The molecule has 1 amide bonds. The molecule has 0 saturated carbocycles. The van der Waals surface area contributed by atoms with Crippen molar-refractivity contribution >= 4 is 5.91 Å². The van der Waals surface area contributed by atoms with Crippen LogP contribution in [-0.4, -0.2) is 12.5 Å². The molecule has 1 unspecified atom stereocenters. The van der Waals surface area contributed by atoms with Crippen LogP contribution in [0.5, 0.6) is 0 Å². The van der Waals surface area contributed by atoms with Crippen LogP contribution in [0.4, 0.5) is 0 Å². The Bertz CT molecular complexity index is 311. The standard InChI is InChI=1S/C13H20N2O/c1-2-3-7-10-15-12(13(14)16)11-8-5-4-6-9-11/h4-6,8-9,12,15H,2-3,7,10H2,1H3,(H2,14,16). The first-order valence-electron chi connectivity index (χ1n) is 5.83. The van der Waals surface area contributed by atoms with Crippen molar-refractivity contribution in [1.29, 1.82) is 0 Å². The summed E-state index contributed by atoms with van der Waals surface area (Å²) >= 11 is 0. The third kappa shape index (κ3) is 4.03. The number of hydrogen-bond acceptors (Lipinski definition) is 2. The van der Waals surface area contributed by atoms with E-state index in [0.29, 0.717) is 0 Å². The Morgan fingerprint density at radius 3 is 2.56 bits per heavy atom. The summed E-state index contributed by atoms with van der Waals surface area (Å²) in [5.74, 6) is -0.317. The fourth-order valence-corrected chi connectivity index (χ4v) is 1.65. The topological polar surface area (TPSA) is 55.1 Å². The molecule has 1 aromatic carbocycles. The molecule has 0 radical (unpaired) electrons. The van der Waals surface area contributed by atoms with Crippen LogP contribution in [0.25, 0.3) is 0 Å². The molecule has 1 aromatic rings. The highest BCUT2D eigenvalue weighted by atomic mass is 16.1. The molecule has 0 aliphatic rings. The van der Waals surface area contributed by atoms with E-state index < -0.39 is 0 Å². The molecule has 0 aromatic heterocycles. The molecule has 88 valence electrons. The highest BCUT2D eigenvalue weighted by Crippen LogP contribution is 2.11. The smallest absolute Gasteiger partial charge is 0.239 e. The van der Waals surface area contributed by atoms with Crippen LogP contribution in [0.2, 0.25) is 0 Å². The molecule has 1 rings (SSSR count). The van der Waals surface area contributed by atoms with Crippen LogP contribution in [0.15, 0.2) is 30.3 Å². The molecule has 0 aliphatic carbocycles. The van der Waals surface area contributed by atoms with E-state index >= 15 is 0 Å². The average molecular weight is 220 g/mol. The van der Waals surface area contributed by atoms with E-state index in [1.807, 2.05) is 30.3 Å². The summed E-state index contributed by atoms with van der Waals surface area (Å²) in [6.07, 6.45) is 3.43. The molecule has 0 heterocycles. The van der Waals surface area contributed by atoms with E-state index in [9.17, 15) is 4.79 Å². The van der Waals surface area contributed by atoms with E-state index in [-0.39, 0.29) is 11.9 Å². The van der Waals surface area contributed by atoms with Gasteiger partial charge in [0, 0.05) is 0 Å². The zero-order valence-electron chi connectivity index (χ0n) is 9.78. The minimum absolute atomic E-state index is 0.317. The van der Waals surface area contributed by atoms with Gasteiger partial charge in [-0.25, -0.2) is 0 Å². The highest BCUT2D eigenvalue weighted by Gasteiger charge is 2.15. The van der Waals surface area contributed by atoms with E-state index in [4.69, 9.17) is 5.73 Å². The monoisotopic (exact) mass is 220 g/mol. The SMILES string of the molecule is CCCCCNC(C(N)=O)c1ccccc1. The van der Waals surface area contributed by atoms with Crippen molar-refractivity contribution < 1.29 is 4.79 Å². The van der Waals surface area contributed by atoms with Gasteiger partial charge in [-0.3, -0.25) is 4.79 Å². The number of carbonyl (C=O) groups excluding carboxylic acids is 1. The maximum atomic E-state index is 11.3. The fourth-order valence-electron chi connectivity index (χ4n) is 1.65. The lowest BCUT2D eigenvalue weighted by Gasteiger charge is -2.15. The predicted octanol–water partition coefficient (Wildman–Crippen LogP) is 1.99. The van der Waals surface area contributed by atoms with Gasteiger partial charge in [-0.05, 0) is 18.5 Å². The van der Waals surface area contributed by atoms with Crippen LogP contribution in [0.3, 0.4) is 0 Å². The second-order valence-electron chi connectivity index (χ2n) is 3.91. The third-order valence-corrected chi connectivity index (χ3v) is 2.55. The highest BCUT2D eigenvalue weighted by molar-refractivity contribution is 5.81. The summed E-state index contributed by atoms with van der Waals surface area (Å²) in [6.45, 7) is 2.99. The normalized spacial score (nSPS) is 12.3. The largest absolute Gasteiger partial charge is 0.368 e. The van der Waals surface area contributed by atoms with Crippen molar-refractivity contribution in [2.45, 2.75) is 32.2 Å². The van der Waals surface area contributed by atoms with Crippen molar-refractivity contribution in [3.8, 4) is 0 Å². The van der Waals surface area contributed by atoms with Crippen LogP contribution in [-0.2, 0) is 4.79 Å². The van der Waals surface area contributed by atoms with Gasteiger partial charge in [0.05, 0.1) is 0 Å². The van der Waals surface area contributed by atoms with Crippen molar-refractivity contribution in [2.75, 3.05) is 6.54 Å². The summed E-state index contributed by atoms with van der Waals surface area (Å²) < 4.78 is 0. The molecule has 1 atom stereocenters. The Hall–Kier alpha value is -1.35. The van der Waals surface area contributed by atoms with Crippen molar-refractivity contribution in [3.63, 3.8) is 0 Å². The van der Waals surface area contributed by atoms with Gasteiger partial charge in [-0.2, -0.15) is 0 Å². The van der Waals surface area contributed by atoms with E-state index in [0.717, 1.165) is 18.5 Å². The molecule has 0 bridgehead atoms. The summed E-state index contributed by atoms with van der Waals surface area (Å²) in [4.78, 5) is 11.3. The molecule has 0 spiro atoms. The number of carbonyl (C=O) groups is 1. The number of nitrogens with two attached hydrogens (primary N) is 1. The fraction of sp³-hybridized carbons (Fsp3) is 0.462. The Balaban J connectivity index is 2.52. The zero-order chi connectivity index (χ0) is 11.8. The van der Waals surface area contributed by atoms with Gasteiger partial charge in [-0.1, -0.05) is 50.1 Å². The van der Waals surface area contributed by atoms with Gasteiger partial charge in [0.1, 0.15) is 6.04 Å². The van der Waals surface area contributed by atoms with Crippen LogP contribution in [0, 0.1) is 0 Å². The first kappa shape index (κ1) is 12.7. The van der Waals surface area contributed by atoms with Crippen LogP contribution < -0.4 is 11.1 Å². The van der Waals surface area contributed by atoms with E-state index in [2.05, 4.69) is 12.2 Å². The van der Waals surface area contributed by atoms with Crippen molar-refractivity contribution in [1.82, 2.24) is 5.32 Å². The number of rotatable bonds is 7. The number of amides is 1. The van der Waals surface area contributed by atoms with Gasteiger partial charge in [-0.15, -0.1) is 0 Å². The first-order valence-corrected chi connectivity index (χ1v) is 5.83. The number of benzene rings is 1. The lowest BCUT2D eigenvalue weighted by atomic mass is 10.1. The van der Waals surface area contributed by atoms with Gasteiger partial charge in [0.25, 0.3) is 0 Å². The zero-order valence-corrected chi connectivity index (χ0v) is 9.78. The van der Waals surface area contributed by atoms with Gasteiger partial charge < -0.3 is 11.1 Å². The van der Waals surface area contributed by atoms with Gasteiger partial charge >= 0.3 is 0 Å². The van der Waals surface area contributed by atoms with Crippen LogP contribution in [0.1, 0.15) is 37.8 Å². The number of nitrogens with one attached hydrogen (secondary N) is 1. The van der Waals surface area contributed by atoms with Gasteiger partial charge in [0.15, 0.2) is 0 Å². The molecule has 3 heteroatoms. The summed E-state index contributed by atoms with van der Waals surface area (Å²) in [7, 11) is 0. The Labute approximate surface area is 97.0 Å². The van der Waals surface area contributed by atoms with Gasteiger partial charge in [0.2, 0.25) is 5.91 Å². The molecule has 3 N–H and O–H groups in total. The van der Waals surface area contributed by atoms with E-state index in [1.54, 1.807) is 0 Å². The maximum absolute atomic E-state index is 11.3. The summed E-state index contributed by atoms with van der Waals surface area (Å²) in [5, 5.41) is 3.20. The summed E-state index contributed by atoms with van der Waals surface area (Å²) in [5.41, 5.74) is 6.32. The molecular weight excluding hydrogens is 200 g/mol. The molecule has 0 fully saturated rings. The van der Waals surface area contributed by atoms with Crippen molar-refractivity contribution in [2.24, 2.45) is 5.73 Å². The molecule has 16 heavy (non-hydrogen) atoms. The van der Waals surface area contributed by atoms with Crippen LogP contribution >= 0.6 is 0 Å². The minimum atomic E-state index is -0.363. The number of hydrogen-bond donors (Lipinski definition) is 2. The Kier molecular flexibility index (Phi) is 5.57. The molecule has 3 nitrogen and oxygen atoms in total. The summed E-state index contributed by atoms with van der Waals surface area (Å²) in [6, 6.07) is 9.24. The molecule has 0 saturated heterocycles. The molecule has 0 aliphatic heterocycles. The maximum Gasteiger partial charge on any atom is 0.239 e. The predicted molar refractivity (Wildman–Crippen MR) is 65.9 cm³/mol. The molecular formula is C13H20N2O. The number of primary amides is 1. The first-order chi connectivity index (χ1) is 7.75. The lowest BCUT2D eigenvalue weighted by Crippen LogP contribution is -2.34. The lowest BCUT2D eigenvalue weighted by molar-refractivity contribution is -0.120. The Morgan fingerprint density at radius 1 is 1.31 bits per heavy atom. The van der Waals surface area contributed by atoms with E-state index in [1.165, 1.54) is 12.8 Å². The minimum Gasteiger partial charge on any atom is -0.368 e.